The molecule has 17 heavy (non-hydrogen) atoms. The van der Waals surface area contributed by atoms with Crippen molar-refractivity contribution in [1.82, 2.24) is 5.32 Å². The summed E-state index contributed by atoms with van der Waals surface area (Å²) in [6.07, 6.45) is 4.26. The number of isocyanates is 1. The number of rotatable bonds is 3. The Kier molecular flexibility index (Phi) is 3.94. The summed E-state index contributed by atoms with van der Waals surface area (Å²) in [4.78, 5) is 24.9. The van der Waals surface area contributed by atoms with Crippen LogP contribution >= 0.6 is 0 Å². The Bertz CT molecular complexity index is 348. The standard InChI is InChI=1S/C12H21N3O2/c1-11(2)4-9(15-10(13)17)5-12(3,6-11)7-14-8-16/h9H,4-7H2,1-3H3,(H3,13,15,17). The van der Waals surface area contributed by atoms with Crippen LogP contribution in [0.2, 0.25) is 0 Å². The average molecular weight is 239 g/mol. The molecule has 5 heteroatoms. The fourth-order valence-corrected chi connectivity index (χ4v) is 3.28. The van der Waals surface area contributed by atoms with Gasteiger partial charge in [0, 0.05) is 6.04 Å². The zero-order valence-electron chi connectivity index (χ0n) is 10.7. The number of hydrogen-bond acceptors (Lipinski definition) is 3. The Morgan fingerprint density at radius 2 is 2.12 bits per heavy atom. The molecule has 2 amide bonds. The lowest BCUT2D eigenvalue weighted by atomic mass is 9.62. The summed E-state index contributed by atoms with van der Waals surface area (Å²) >= 11 is 0. The van der Waals surface area contributed by atoms with Crippen molar-refractivity contribution in [1.29, 1.82) is 0 Å². The van der Waals surface area contributed by atoms with Crippen molar-refractivity contribution in [2.45, 2.75) is 46.1 Å². The van der Waals surface area contributed by atoms with Crippen LogP contribution in [0.5, 0.6) is 0 Å². The molecule has 2 atom stereocenters. The van der Waals surface area contributed by atoms with Gasteiger partial charge in [-0.05, 0) is 30.1 Å². The topological polar surface area (TPSA) is 84.5 Å². The molecule has 1 aliphatic carbocycles. The number of amides is 2. The third kappa shape index (κ3) is 4.19. The largest absolute Gasteiger partial charge is 0.352 e. The number of nitrogens with zero attached hydrogens (tertiary/aromatic N) is 1. The van der Waals surface area contributed by atoms with E-state index in [4.69, 9.17) is 5.73 Å². The van der Waals surface area contributed by atoms with E-state index in [1.165, 1.54) is 0 Å². The summed E-state index contributed by atoms with van der Waals surface area (Å²) in [7, 11) is 0. The highest BCUT2D eigenvalue weighted by Crippen LogP contribution is 2.46. The first-order valence-electron chi connectivity index (χ1n) is 5.86. The molecule has 2 unspecified atom stereocenters. The van der Waals surface area contributed by atoms with Crippen molar-refractivity contribution in [3.05, 3.63) is 0 Å². The minimum absolute atomic E-state index is 0.0584. The molecular weight excluding hydrogens is 218 g/mol. The summed E-state index contributed by atoms with van der Waals surface area (Å²) in [5.41, 5.74) is 5.20. The van der Waals surface area contributed by atoms with E-state index in [0.717, 1.165) is 19.3 Å². The van der Waals surface area contributed by atoms with Gasteiger partial charge in [0.2, 0.25) is 6.08 Å². The molecule has 0 spiro atoms. The van der Waals surface area contributed by atoms with Crippen LogP contribution in [0, 0.1) is 10.8 Å². The van der Waals surface area contributed by atoms with Crippen LogP contribution in [0.3, 0.4) is 0 Å². The number of urea groups is 1. The summed E-state index contributed by atoms with van der Waals surface area (Å²) in [5.74, 6) is 0. The first kappa shape index (κ1) is 13.7. The Hall–Kier alpha value is -1.35. The third-order valence-corrected chi connectivity index (χ3v) is 3.32. The maximum absolute atomic E-state index is 10.9. The predicted octanol–water partition coefficient (Wildman–Crippen LogP) is 1.58. The lowest BCUT2D eigenvalue weighted by Crippen LogP contribution is -2.49. The van der Waals surface area contributed by atoms with E-state index in [1.54, 1.807) is 6.08 Å². The van der Waals surface area contributed by atoms with Crippen molar-refractivity contribution in [3.8, 4) is 0 Å². The molecule has 96 valence electrons. The van der Waals surface area contributed by atoms with Crippen molar-refractivity contribution in [2.75, 3.05) is 6.54 Å². The Morgan fingerprint density at radius 3 is 2.65 bits per heavy atom. The first-order valence-corrected chi connectivity index (χ1v) is 5.86. The van der Waals surface area contributed by atoms with E-state index in [9.17, 15) is 9.59 Å². The number of nitrogens with one attached hydrogen (secondary N) is 1. The van der Waals surface area contributed by atoms with Gasteiger partial charge in [0.05, 0.1) is 6.54 Å². The van der Waals surface area contributed by atoms with Crippen LogP contribution in [0.4, 0.5) is 4.79 Å². The van der Waals surface area contributed by atoms with Gasteiger partial charge >= 0.3 is 6.03 Å². The van der Waals surface area contributed by atoms with Gasteiger partial charge in [0.15, 0.2) is 0 Å². The predicted molar refractivity (Wildman–Crippen MR) is 65.2 cm³/mol. The van der Waals surface area contributed by atoms with Gasteiger partial charge in [-0.3, -0.25) is 0 Å². The highest BCUT2D eigenvalue weighted by atomic mass is 16.2. The van der Waals surface area contributed by atoms with Crippen LogP contribution in [0.25, 0.3) is 0 Å². The van der Waals surface area contributed by atoms with Gasteiger partial charge in [-0.15, -0.1) is 0 Å². The van der Waals surface area contributed by atoms with Crippen molar-refractivity contribution < 1.29 is 9.59 Å². The number of nitrogens with two attached hydrogens (primary N) is 1. The second-order valence-electron chi connectivity index (χ2n) is 6.17. The Balaban J connectivity index is 2.79. The second kappa shape index (κ2) is 4.88. The molecule has 0 bridgehead atoms. The van der Waals surface area contributed by atoms with Gasteiger partial charge in [0.25, 0.3) is 0 Å². The van der Waals surface area contributed by atoms with Crippen molar-refractivity contribution in [2.24, 2.45) is 21.6 Å². The number of aliphatic imine (C=N–C) groups is 1. The molecule has 0 aliphatic heterocycles. The quantitative estimate of drug-likeness (QED) is 0.578. The second-order valence-corrected chi connectivity index (χ2v) is 6.17. The first-order chi connectivity index (χ1) is 7.76. The summed E-state index contributed by atoms with van der Waals surface area (Å²) in [6.45, 7) is 6.86. The summed E-state index contributed by atoms with van der Waals surface area (Å²) in [6, 6.07) is -0.433. The number of hydrogen-bond donors (Lipinski definition) is 2. The molecule has 1 saturated carbocycles. The van der Waals surface area contributed by atoms with E-state index >= 15 is 0 Å². The smallest absolute Gasteiger partial charge is 0.312 e. The monoisotopic (exact) mass is 239 g/mol. The molecule has 0 radical (unpaired) electrons. The molecule has 1 aliphatic rings. The van der Waals surface area contributed by atoms with E-state index in [1.807, 2.05) is 0 Å². The van der Waals surface area contributed by atoms with E-state index in [-0.39, 0.29) is 16.9 Å². The van der Waals surface area contributed by atoms with Gasteiger partial charge in [0.1, 0.15) is 0 Å². The van der Waals surface area contributed by atoms with Gasteiger partial charge < -0.3 is 11.1 Å². The van der Waals surface area contributed by atoms with E-state index < -0.39 is 6.03 Å². The van der Waals surface area contributed by atoms with Crippen molar-refractivity contribution >= 4 is 12.1 Å². The summed E-state index contributed by atoms with van der Waals surface area (Å²) in [5, 5.41) is 2.77. The minimum atomic E-state index is -0.492. The normalized spacial score (nSPS) is 31.4. The molecule has 3 N–H and O–H groups in total. The van der Waals surface area contributed by atoms with Crippen LogP contribution in [0.15, 0.2) is 4.99 Å². The number of carbonyl (C=O) groups excluding carboxylic acids is 2. The van der Waals surface area contributed by atoms with Crippen LogP contribution in [-0.2, 0) is 4.79 Å². The Labute approximate surface area is 102 Å². The molecule has 1 rings (SSSR count). The fourth-order valence-electron chi connectivity index (χ4n) is 3.28. The summed E-state index contributed by atoms with van der Waals surface area (Å²) < 4.78 is 0. The minimum Gasteiger partial charge on any atom is -0.352 e. The third-order valence-electron chi connectivity index (χ3n) is 3.32. The molecule has 0 aromatic carbocycles. The number of carbonyl (C=O) groups is 1. The lowest BCUT2D eigenvalue weighted by Gasteiger charge is -2.45. The highest BCUT2D eigenvalue weighted by molar-refractivity contribution is 5.72. The van der Waals surface area contributed by atoms with E-state index in [0.29, 0.717) is 6.54 Å². The van der Waals surface area contributed by atoms with Gasteiger partial charge in [-0.1, -0.05) is 20.8 Å². The molecular formula is C12H21N3O2. The maximum atomic E-state index is 10.9. The van der Waals surface area contributed by atoms with Crippen LogP contribution < -0.4 is 11.1 Å². The van der Waals surface area contributed by atoms with E-state index in [2.05, 4.69) is 31.1 Å². The average Bonchev–Trinajstić information content (AvgIpc) is 2.10. The highest BCUT2D eigenvalue weighted by Gasteiger charge is 2.41. The Morgan fingerprint density at radius 1 is 1.47 bits per heavy atom. The zero-order chi connectivity index (χ0) is 13.1. The molecule has 0 saturated heterocycles. The van der Waals surface area contributed by atoms with Gasteiger partial charge in [-0.25, -0.2) is 14.6 Å². The SMILES string of the molecule is CC1(C)CC(NC(N)=O)CC(C)(CN=C=O)C1. The van der Waals surface area contributed by atoms with Crippen molar-refractivity contribution in [3.63, 3.8) is 0 Å². The lowest BCUT2D eigenvalue weighted by molar-refractivity contribution is 0.0813. The maximum Gasteiger partial charge on any atom is 0.312 e. The molecule has 0 aromatic heterocycles. The molecule has 0 aromatic rings. The molecule has 5 nitrogen and oxygen atoms in total. The molecule has 0 heterocycles. The van der Waals surface area contributed by atoms with Crippen LogP contribution in [-0.4, -0.2) is 24.7 Å². The van der Waals surface area contributed by atoms with Crippen LogP contribution in [0.1, 0.15) is 40.0 Å². The molecule has 1 fully saturated rings. The zero-order valence-corrected chi connectivity index (χ0v) is 10.7. The number of primary amides is 1. The fraction of sp³-hybridized carbons (Fsp3) is 0.833. The van der Waals surface area contributed by atoms with Gasteiger partial charge in [-0.2, -0.15) is 0 Å².